The summed E-state index contributed by atoms with van der Waals surface area (Å²) in [5.41, 5.74) is 0. The van der Waals surface area contributed by atoms with Gasteiger partial charge in [0, 0.05) is 12.8 Å². The molecule has 0 unspecified atom stereocenters. The molecule has 0 amide bonds. The number of carbonyl (C=O) groups excluding carboxylic acids is 1. The van der Waals surface area contributed by atoms with Crippen LogP contribution in [0.1, 0.15) is 53.4 Å². The zero-order valence-corrected chi connectivity index (χ0v) is 7.74. The van der Waals surface area contributed by atoms with Crippen molar-refractivity contribution in [3.63, 3.8) is 0 Å². The molecule has 10 heavy (non-hydrogen) atoms. The van der Waals surface area contributed by atoms with E-state index in [0.29, 0.717) is 5.78 Å². The Morgan fingerprint density at radius 3 is 1.30 bits per heavy atom. The summed E-state index contributed by atoms with van der Waals surface area (Å²) < 4.78 is 0. The molecule has 1 saturated carbocycles. The van der Waals surface area contributed by atoms with Gasteiger partial charge in [-0.3, -0.25) is 4.79 Å². The second kappa shape index (κ2) is 11.5. The highest BCUT2D eigenvalue weighted by Gasteiger charge is 2.07. The van der Waals surface area contributed by atoms with E-state index in [1.54, 1.807) is 0 Å². The summed E-state index contributed by atoms with van der Waals surface area (Å²) in [6.07, 6.45) is 3.97. The summed E-state index contributed by atoms with van der Waals surface area (Å²) in [5.74, 6) is 0.454. The molecule has 1 fully saturated rings. The molecule has 0 aliphatic heterocycles. The normalized spacial score (nSPS) is 14.6. The van der Waals surface area contributed by atoms with Gasteiger partial charge in [-0.25, -0.2) is 0 Å². The standard InChI is InChI=1S/C5H8O.2C2H6/c6-5-3-1-2-4-5;2*1-2/h1-4H2;2*1-2H3. The predicted octanol–water partition coefficient (Wildman–Crippen LogP) is 3.18. The van der Waals surface area contributed by atoms with Crippen molar-refractivity contribution in [1.29, 1.82) is 0 Å². The van der Waals surface area contributed by atoms with Gasteiger partial charge in [-0.05, 0) is 12.8 Å². The molecule has 1 aliphatic carbocycles. The van der Waals surface area contributed by atoms with E-state index >= 15 is 0 Å². The molecule has 0 aromatic carbocycles. The minimum absolute atomic E-state index is 0.454. The van der Waals surface area contributed by atoms with Crippen LogP contribution in [0.3, 0.4) is 0 Å². The van der Waals surface area contributed by atoms with E-state index in [2.05, 4.69) is 0 Å². The maximum Gasteiger partial charge on any atom is 0.132 e. The number of hydrogen-bond acceptors (Lipinski definition) is 1. The maximum atomic E-state index is 10.2. The first-order chi connectivity index (χ1) is 4.89. The van der Waals surface area contributed by atoms with Crippen LogP contribution in [-0.4, -0.2) is 5.78 Å². The van der Waals surface area contributed by atoms with Gasteiger partial charge in [0.25, 0.3) is 0 Å². The fourth-order valence-electron chi connectivity index (χ4n) is 0.769. The van der Waals surface area contributed by atoms with E-state index in [4.69, 9.17) is 0 Å². The monoisotopic (exact) mass is 144 g/mol. The molecule has 1 heteroatoms. The molecular weight excluding hydrogens is 124 g/mol. The first-order valence-electron chi connectivity index (χ1n) is 4.41. The molecular formula is C9H20O. The Morgan fingerprint density at radius 1 is 0.900 bits per heavy atom. The summed E-state index contributed by atoms with van der Waals surface area (Å²) in [5, 5.41) is 0. The third-order valence-electron chi connectivity index (χ3n) is 1.16. The van der Waals surface area contributed by atoms with Crippen LogP contribution in [0.5, 0.6) is 0 Å². The fraction of sp³-hybridized carbons (Fsp3) is 0.889. The van der Waals surface area contributed by atoms with Crippen molar-refractivity contribution in [2.75, 3.05) is 0 Å². The fourth-order valence-corrected chi connectivity index (χ4v) is 0.769. The third kappa shape index (κ3) is 7.67. The molecule has 0 radical (unpaired) electrons. The van der Waals surface area contributed by atoms with Crippen LogP contribution in [-0.2, 0) is 4.79 Å². The molecule has 1 rings (SSSR count). The zero-order chi connectivity index (χ0) is 8.41. The van der Waals surface area contributed by atoms with Gasteiger partial charge in [0.2, 0.25) is 0 Å². The summed E-state index contributed by atoms with van der Waals surface area (Å²) in [4.78, 5) is 10.2. The molecule has 0 heterocycles. The molecule has 1 aliphatic rings. The Hall–Kier alpha value is -0.330. The quantitative estimate of drug-likeness (QED) is 0.510. The van der Waals surface area contributed by atoms with E-state index in [1.807, 2.05) is 27.7 Å². The van der Waals surface area contributed by atoms with Crippen molar-refractivity contribution in [3.05, 3.63) is 0 Å². The molecule has 0 spiro atoms. The van der Waals surface area contributed by atoms with Gasteiger partial charge in [0.1, 0.15) is 5.78 Å². The Kier molecular flexibility index (Phi) is 14.2. The van der Waals surface area contributed by atoms with Crippen LogP contribution >= 0.6 is 0 Å². The average Bonchev–Trinajstić information content (AvgIpc) is 2.48. The van der Waals surface area contributed by atoms with Crippen LogP contribution in [0, 0.1) is 0 Å². The first kappa shape index (κ1) is 12.4. The average molecular weight is 144 g/mol. The molecule has 62 valence electrons. The molecule has 0 aromatic rings. The number of carbonyl (C=O) groups is 1. The van der Waals surface area contributed by atoms with Gasteiger partial charge in [-0.15, -0.1) is 0 Å². The number of ketones is 1. The second-order valence-electron chi connectivity index (χ2n) is 1.75. The largest absolute Gasteiger partial charge is 0.300 e. The Bertz CT molecular complexity index is 59.1. The highest BCUT2D eigenvalue weighted by molar-refractivity contribution is 5.79. The molecule has 1 nitrogen and oxygen atoms in total. The van der Waals surface area contributed by atoms with Crippen molar-refractivity contribution < 1.29 is 4.79 Å². The lowest BCUT2D eigenvalue weighted by Crippen LogP contribution is -1.81. The van der Waals surface area contributed by atoms with Gasteiger partial charge in [0.15, 0.2) is 0 Å². The Balaban J connectivity index is 0. The molecule has 0 N–H and O–H groups in total. The smallest absolute Gasteiger partial charge is 0.132 e. The van der Waals surface area contributed by atoms with Gasteiger partial charge in [-0.2, -0.15) is 0 Å². The van der Waals surface area contributed by atoms with E-state index < -0.39 is 0 Å². The van der Waals surface area contributed by atoms with Crippen LogP contribution in [0.2, 0.25) is 0 Å². The maximum absolute atomic E-state index is 10.2. The second-order valence-corrected chi connectivity index (χ2v) is 1.75. The Morgan fingerprint density at radius 2 is 1.20 bits per heavy atom. The topological polar surface area (TPSA) is 17.1 Å². The first-order valence-corrected chi connectivity index (χ1v) is 4.41. The van der Waals surface area contributed by atoms with Crippen LogP contribution in [0.15, 0.2) is 0 Å². The van der Waals surface area contributed by atoms with E-state index in [9.17, 15) is 4.79 Å². The van der Waals surface area contributed by atoms with Crippen LogP contribution in [0.4, 0.5) is 0 Å². The lowest BCUT2D eigenvalue weighted by Gasteiger charge is -1.71. The SMILES string of the molecule is CC.CC.O=C1CCCC1. The third-order valence-corrected chi connectivity index (χ3v) is 1.16. The van der Waals surface area contributed by atoms with Crippen LogP contribution in [0.25, 0.3) is 0 Å². The van der Waals surface area contributed by atoms with Crippen molar-refractivity contribution in [3.8, 4) is 0 Å². The van der Waals surface area contributed by atoms with Gasteiger partial charge < -0.3 is 0 Å². The van der Waals surface area contributed by atoms with Gasteiger partial charge in [0.05, 0.1) is 0 Å². The van der Waals surface area contributed by atoms with Gasteiger partial charge >= 0.3 is 0 Å². The van der Waals surface area contributed by atoms with Crippen molar-refractivity contribution in [1.82, 2.24) is 0 Å². The molecule has 0 saturated heterocycles. The van der Waals surface area contributed by atoms with Crippen molar-refractivity contribution in [2.45, 2.75) is 53.4 Å². The highest BCUT2D eigenvalue weighted by atomic mass is 16.1. The predicted molar refractivity (Wildman–Crippen MR) is 46.2 cm³/mol. The molecule has 0 atom stereocenters. The van der Waals surface area contributed by atoms with Crippen molar-refractivity contribution in [2.24, 2.45) is 0 Å². The summed E-state index contributed by atoms with van der Waals surface area (Å²) in [7, 11) is 0. The number of Topliss-reactive ketones (excluding diaryl/α,β-unsaturated/α-hetero) is 1. The van der Waals surface area contributed by atoms with E-state index in [-0.39, 0.29) is 0 Å². The van der Waals surface area contributed by atoms with E-state index in [1.165, 1.54) is 0 Å². The highest BCUT2D eigenvalue weighted by Crippen LogP contribution is 2.11. The van der Waals surface area contributed by atoms with Crippen LogP contribution < -0.4 is 0 Å². The van der Waals surface area contributed by atoms with Crippen molar-refractivity contribution >= 4 is 5.78 Å². The Labute approximate surface area is 64.8 Å². The lowest BCUT2D eigenvalue weighted by atomic mass is 10.4. The summed E-state index contributed by atoms with van der Waals surface area (Å²) >= 11 is 0. The molecule has 0 bridgehead atoms. The molecule has 0 aromatic heterocycles. The summed E-state index contributed by atoms with van der Waals surface area (Å²) in [6.45, 7) is 8.00. The number of hydrogen-bond donors (Lipinski definition) is 0. The minimum atomic E-state index is 0.454. The van der Waals surface area contributed by atoms with E-state index in [0.717, 1.165) is 25.7 Å². The zero-order valence-electron chi connectivity index (χ0n) is 7.74. The lowest BCUT2D eigenvalue weighted by molar-refractivity contribution is -0.117. The minimum Gasteiger partial charge on any atom is -0.300 e. The number of rotatable bonds is 0. The van der Waals surface area contributed by atoms with Gasteiger partial charge in [-0.1, -0.05) is 27.7 Å². The summed E-state index contributed by atoms with van der Waals surface area (Å²) in [6, 6.07) is 0.